The number of ether oxygens (including phenoxy) is 2. The molecule has 49 heavy (non-hydrogen) atoms. The fraction of sp³-hybridized carbons (Fsp3) is 0.162. The van der Waals surface area contributed by atoms with Gasteiger partial charge < -0.3 is 19.7 Å². The highest BCUT2D eigenvalue weighted by Crippen LogP contribution is 2.45. The average molecular weight is 699 g/mol. The maximum absolute atomic E-state index is 14.5. The summed E-state index contributed by atoms with van der Waals surface area (Å²) in [7, 11) is 4.56. The number of nitrogens with one attached hydrogen (secondary N) is 1. The lowest BCUT2D eigenvalue weighted by atomic mass is 10.0. The fourth-order valence-electron chi connectivity index (χ4n) is 5.37. The number of benzene rings is 3. The number of pyridine rings is 1. The number of likely N-dealkylation sites (N-methyl/N-ethyl adjacent to an activating group) is 1. The average Bonchev–Trinajstić information content (AvgIpc) is 3.11. The van der Waals surface area contributed by atoms with Crippen LogP contribution >= 0.6 is 23.2 Å². The number of anilines is 3. The molecule has 0 radical (unpaired) electrons. The minimum absolute atomic E-state index is 0.0961. The van der Waals surface area contributed by atoms with Gasteiger partial charge >= 0.3 is 0 Å². The largest absolute Gasteiger partial charge is 0.495 e. The van der Waals surface area contributed by atoms with Crippen LogP contribution in [0.1, 0.15) is 16.7 Å². The Kier molecular flexibility index (Phi) is 10.5. The topological polar surface area (TPSA) is 116 Å². The molecule has 5 rings (SSSR count). The Morgan fingerprint density at radius 2 is 1.67 bits per heavy atom. The van der Waals surface area contributed by atoms with Crippen LogP contribution in [0.2, 0.25) is 10.0 Å². The van der Waals surface area contributed by atoms with Gasteiger partial charge in [-0.1, -0.05) is 66.7 Å². The number of rotatable bonds is 12. The van der Waals surface area contributed by atoms with Crippen LogP contribution in [0.5, 0.6) is 11.5 Å². The van der Waals surface area contributed by atoms with Crippen molar-refractivity contribution in [3.05, 3.63) is 123 Å². The third kappa shape index (κ3) is 7.06. The maximum Gasteiger partial charge on any atom is 0.260 e. The van der Waals surface area contributed by atoms with Gasteiger partial charge in [-0.2, -0.15) is 4.98 Å². The minimum atomic E-state index is -0.438. The molecule has 0 spiro atoms. The number of hydrogen-bond acceptors (Lipinski definition) is 8. The van der Waals surface area contributed by atoms with Crippen LogP contribution in [0.15, 0.2) is 90.9 Å². The van der Waals surface area contributed by atoms with Crippen LogP contribution in [-0.2, 0) is 22.6 Å². The number of methoxy groups -OCH3 is 2. The predicted molar refractivity (Wildman–Crippen MR) is 195 cm³/mol. The molecule has 0 aliphatic heterocycles. The first-order valence-corrected chi connectivity index (χ1v) is 15.8. The Labute approximate surface area is 293 Å². The molecular formula is C37H33Cl2N5O5. The van der Waals surface area contributed by atoms with Crippen molar-refractivity contribution >= 4 is 63.2 Å². The van der Waals surface area contributed by atoms with Crippen molar-refractivity contribution in [3.63, 3.8) is 0 Å². The van der Waals surface area contributed by atoms with E-state index >= 15 is 0 Å². The Morgan fingerprint density at radius 1 is 1.00 bits per heavy atom. The van der Waals surface area contributed by atoms with E-state index in [0.717, 1.165) is 16.7 Å². The van der Waals surface area contributed by atoms with E-state index in [2.05, 4.69) is 23.5 Å². The van der Waals surface area contributed by atoms with Crippen molar-refractivity contribution in [2.45, 2.75) is 19.9 Å². The van der Waals surface area contributed by atoms with Crippen LogP contribution in [0.4, 0.5) is 17.3 Å². The highest BCUT2D eigenvalue weighted by atomic mass is 35.5. The van der Waals surface area contributed by atoms with E-state index in [1.807, 2.05) is 37.3 Å². The molecule has 0 saturated heterocycles. The smallest absolute Gasteiger partial charge is 0.260 e. The van der Waals surface area contributed by atoms with Gasteiger partial charge in [0.2, 0.25) is 11.9 Å². The zero-order valence-corrected chi connectivity index (χ0v) is 28.9. The number of ketones is 1. The molecule has 5 aromatic rings. The quantitative estimate of drug-likeness (QED) is 0.135. The van der Waals surface area contributed by atoms with Crippen LogP contribution in [0.3, 0.4) is 0 Å². The SMILES string of the molecule is C=CC(=O)Cc1cccc(C)c1Nc1ncc2cc(-c3c(Cl)c(OC)cc(OC)c3Cl)c(=O)n(Cc3ccc(N(C)C(=O)C=C)cc3)c2n1. The second-order valence-electron chi connectivity index (χ2n) is 11.1. The normalized spacial score (nSPS) is 10.8. The van der Waals surface area contributed by atoms with Gasteiger partial charge in [0, 0.05) is 48.1 Å². The first-order chi connectivity index (χ1) is 23.5. The van der Waals surface area contributed by atoms with Gasteiger partial charge in [-0.25, -0.2) is 4.98 Å². The van der Waals surface area contributed by atoms with E-state index in [0.29, 0.717) is 22.4 Å². The molecule has 0 aliphatic carbocycles. The van der Waals surface area contributed by atoms with Crippen molar-refractivity contribution < 1.29 is 19.1 Å². The molecule has 2 aromatic heterocycles. The monoisotopic (exact) mass is 697 g/mol. The Balaban J connectivity index is 1.70. The zero-order valence-electron chi connectivity index (χ0n) is 27.3. The van der Waals surface area contributed by atoms with Crippen molar-refractivity contribution in [1.29, 1.82) is 0 Å². The number of carbonyl (C=O) groups is 2. The van der Waals surface area contributed by atoms with E-state index in [9.17, 15) is 14.4 Å². The van der Waals surface area contributed by atoms with Gasteiger partial charge in [0.25, 0.3) is 5.56 Å². The number of fused-ring (bicyclic) bond motifs is 1. The summed E-state index contributed by atoms with van der Waals surface area (Å²) in [6, 6.07) is 16.0. The highest BCUT2D eigenvalue weighted by molar-refractivity contribution is 6.41. The number of nitrogens with zero attached hydrogens (tertiary/aromatic N) is 4. The number of hydrogen-bond donors (Lipinski definition) is 1. The van der Waals surface area contributed by atoms with Gasteiger partial charge in [0.05, 0.1) is 36.4 Å². The fourth-order valence-corrected chi connectivity index (χ4v) is 6.07. The van der Waals surface area contributed by atoms with Crippen molar-refractivity contribution in [2.24, 2.45) is 0 Å². The third-order valence-electron chi connectivity index (χ3n) is 8.03. The number of halogens is 2. The number of para-hydroxylation sites is 1. The maximum atomic E-state index is 14.5. The summed E-state index contributed by atoms with van der Waals surface area (Å²) in [6.45, 7) is 9.14. The number of carbonyl (C=O) groups excluding carboxylic acids is 2. The summed E-state index contributed by atoms with van der Waals surface area (Å²) < 4.78 is 12.4. The summed E-state index contributed by atoms with van der Waals surface area (Å²) in [5.41, 5.74) is 4.01. The molecule has 1 amide bonds. The number of aryl methyl sites for hydroxylation is 1. The molecule has 0 saturated carbocycles. The molecule has 2 heterocycles. The third-order valence-corrected chi connectivity index (χ3v) is 8.78. The molecule has 250 valence electrons. The minimum Gasteiger partial charge on any atom is -0.495 e. The standard InChI is InChI=1S/C37H33Cl2N5O5/c1-7-26(45)16-23-11-9-10-21(3)34(23)41-37-40-19-24-17-27(31-32(38)28(48-5)18-29(49-6)33(31)39)36(47)44(35(24)42-37)20-22-12-14-25(15-13-22)43(4)30(46)8-2/h7-15,17-19H,1-2,16,20H2,3-6H3,(H,40,41,42). The molecule has 12 heteroatoms. The molecule has 10 nitrogen and oxygen atoms in total. The summed E-state index contributed by atoms with van der Waals surface area (Å²) in [6.07, 6.45) is 4.25. The summed E-state index contributed by atoms with van der Waals surface area (Å²) in [5, 5.41) is 4.05. The van der Waals surface area contributed by atoms with E-state index < -0.39 is 5.56 Å². The molecule has 0 unspecified atom stereocenters. The number of amides is 1. The van der Waals surface area contributed by atoms with Gasteiger partial charge in [-0.15, -0.1) is 0 Å². The zero-order chi connectivity index (χ0) is 35.4. The highest BCUT2D eigenvalue weighted by Gasteiger charge is 2.24. The molecule has 0 aliphatic rings. The lowest BCUT2D eigenvalue weighted by Gasteiger charge is -2.18. The number of allylic oxidation sites excluding steroid dienone is 1. The van der Waals surface area contributed by atoms with Crippen molar-refractivity contribution in [3.8, 4) is 22.6 Å². The van der Waals surface area contributed by atoms with Gasteiger partial charge in [-0.3, -0.25) is 19.0 Å². The molecule has 3 aromatic carbocycles. The van der Waals surface area contributed by atoms with E-state index in [-0.39, 0.29) is 63.3 Å². The predicted octanol–water partition coefficient (Wildman–Crippen LogP) is 7.33. The molecular weight excluding hydrogens is 665 g/mol. The Morgan fingerprint density at radius 3 is 2.29 bits per heavy atom. The molecule has 0 bridgehead atoms. The van der Waals surface area contributed by atoms with Crippen molar-refractivity contribution in [1.82, 2.24) is 14.5 Å². The lowest BCUT2D eigenvalue weighted by molar-refractivity contribution is -0.114. The van der Waals surface area contributed by atoms with E-state index in [4.69, 9.17) is 37.7 Å². The van der Waals surface area contributed by atoms with Crippen LogP contribution in [0, 0.1) is 6.92 Å². The van der Waals surface area contributed by atoms with E-state index in [1.54, 1.807) is 37.5 Å². The number of aromatic nitrogens is 3. The summed E-state index contributed by atoms with van der Waals surface area (Å²) in [5.74, 6) is 0.378. The summed E-state index contributed by atoms with van der Waals surface area (Å²) >= 11 is 13.5. The molecule has 0 fully saturated rings. The van der Waals surface area contributed by atoms with Crippen LogP contribution < -0.4 is 25.2 Å². The van der Waals surface area contributed by atoms with Gasteiger partial charge in [0.1, 0.15) is 17.1 Å². The Bertz CT molecular complexity index is 2150. The first-order valence-electron chi connectivity index (χ1n) is 15.0. The van der Waals surface area contributed by atoms with Gasteiger partial charge in [0.15, 0.2) is 5.78 Å². The second kappa shape index (κ2) is 14.8. The van der Waals surface area contributed by atoms with Crippen molar-refractivity contribution in [2.75, 3.05) is 31.5 Å². The van der Waals surface area contributed by atoms with Gasteiger partial charge in [-0.05, 0) is 54.0 Å². The first kappa shape index (κ1) is 34.9. The lowest BCUT2D eigenvalue weighted by Crippen LogP contribution is -2.25. The molecule has 1 N–H and O–H groups in total. The Hall–Kier alpha value is -5.45. The second-order valence-corrected chi connectivity index (χ2v) is 11.8. The van der Waals surface area contributed by atoms with Crippen LogP contribution in [0.25, 0.3) is 22.2 Å². The van der Waals surface area contributed by atoms with Crippen LogP contribution in [-0.4, -0.2) is 47.5 Å². The van der Waals surface area contributed by atoms with E-state index in [1.165, 1.54) is 35.8 Å². The molecule has 0 atom stereocenters. The summed E-state index contributed by atoms with van der Waals surface area (Å²) in [4.78, 5) is 49.7.